The number of nitrogens with one attached hydrogen (secondary N) is 1. The third kappa shape index (κ3) is 4.03. The van der Waals surface area contributed by atoms with Gasteiger partial charge in [-0.05, 0) is 43.5 Å². The SMILES string of the molecule is CCCC(CCc1cnc2ccccc2c1)NCC. The molecule has 0 saturated carbocycles. The maximum absolute atomic E-state index is 4.53. The highest BCUT2D eigenvalue weighted by Crippen LogP contribution is 2.15. The summed E-state index contributed by atoms with van der Waals surface area (Å²) in [6.07, 6.45) is 6.83. The number of para-hydroxylation sites is 1. The van der Waals surface area contributed by atoms with Gasteiger partial charge in [-0.15, -0.1) is 0 Å². The lowest BCUT2D eigenvalue weighted by molar-refractivity contribution is 0.459. The summed E-state index contributed by atoms with van der Waals surface area (Å²) < 4.78 is 0. The maximum atomic E-state index is 4.53. The highest BCUT2D eigenvalue weighted by molar-refractivity contribution is 5.78. The Morgan fingerprint density at radius 1 is 1.16 bits per heavy atom. The minimum absolute atomic E-state index is 0.640. The molecule has 2 nitrogen and oxygen atoms in total. The lowest BCUT2D eigenvalue weighted by atomic mass is 10.0. The zero-order valence-corrected chi connectivity index (χ0v) is 12.0. The smallest absolute Gasteiger partial charge is 0.0702 e. The van der Waals surface area contributed by atoms with Crippen molar-refractivity contribution in [1.29, 1.82) is 0 Å². The van der Waals surface area contributed by atoms with Crippen LogP contribution in [0.4, 0.5) is 0 Å². The van der Waals surface area contributed by atoms with E-state index in [1.54, 1.807) is 0 Å². The fourth-order valence-corrected chi connectivity index (χ4v) is 2.58. The Hall–Kier alpha value is -1.41. The molecule has 1 heterocycles. The highest BCUT2D eigenvalue weighted by Gasteiger charge is 2.06. The van der Waals surface area contributed by atoms with Crippen LogP contribution in [-0.4, -0.2) is 17.6 Å². The molecule has 2 rings (SSSR count). The van der Waals surface area contributed by atoms with Gasteiger partial charge in [0.15, 0.2) is 0 Å². The molecule has 1 aromatic heterocycles. The summed E-state index contributed by atoms with van der Waals surface area (Å²) in [5.74, 6) is 0. The molecule has 1 unspecified atom stereocenters. The van der Waals surface area contributed by atoms with Gasteiger partial charge in [-0.25, -0.2) is 0 Å². The van der Waals surface area contributed by atoms with Crippen molar-refractivity contribution in [2.45, 2.75) is 45.6 Å². The first-order valence-corrected chi connectivity index (χ1v) is 7.40. The quantitative estimate of drug-likeness (QED) is 0.811. The molecule has 19 heavy (non-hydrogen) atoms. The molecule has 0 fully saturated rings. The van der Waals surface area contributed by atoms with Gasteiger partial charge >= 0.3 is 0 Å². The first-order valence-electron chi connectivity index (χ1n) is 7.40. The van der Waals surface area contributed by atoms with E-state index in [1.807, 2.05) is 12.3 Å². The molecular weight excluding hydrogens is 232 g/mol. The molecule has 1 N–H and O–H groups in total. The van der Waals surface area contributed by atoms with Crippen LogP contribution in [-0.2, 0) is 6.42 Å². The number of aromatic nitrogens is 1. The van der Waals surface area contributed by atoms with Gasteiger partial charge in [0.05, 0.1) is 5.52 Å². The zero-order valence-electron chi connectivity index (χ0n) is 12.0. The van der Waals surface area contributed by atoms with Gasteiger partial charge in [-0.1, -0.05) is 38.5 Å². The summed E-state index contributed by atoms with van der Waals surface area (Å²) in [7, 11) is 0. The number of aryl methyl sites for hydroxylation is 1. The Bertz CT molecular complexity index is 501. The van der Waals surface area contributed by atoms with Crippen molar-refractivity contribution in [3.05, 3.63) is 42.1 Å². The molecule has 0 radical (unpaired) electrons. The first kappa shape index (κ1) is 14.0. The average molecular weight is 256 g/mol. The second-order valence-electron chi connectivity index (χ2n) is 5.12. The number of pyridine rings is 1. The summed E-state index contributed by atoms with van der Waals surface area (Å²) >= 11 is 0. The van der Waals surface area contributed by atoms with Crippen molar-refractivity contribution >= 4 is 10.9 Å². The largest absolute Gasteiger partial charge is 0.314 e. The second-order valence-corrected chi connectivity index (χ2v) is 5.12. The minimum atomic E-state index is 0.640. The van der Waals surface area contributed by atoms with Gasteiger partial charge in [0.1, 0.15) is 0 Å². The molecule has 0 bridgehead atoms. The van der Waals surface area contributed by atoms with Crippen LogP contribution in [0.15, 0.2) is 36.5 Å². The minimum Gasteiger partial charge on any atom is -0.314 e. The standard InChI is InChI=1S/C17H24N2/c1-3-7-16(18-4-2)11-10-14-12-15-8-5-6-9-17(15)19-13-14/h5-6,8-9,12-13,16,18H,3-4,7,10-11H2,1-2H3. The molecule has 0 aliphatic heterocycles. The Morgan fingerprint density at radius 3 is 2.79 bits per heavy atom. The first-order chi connectivity index (χ1) is 9.33. The number of rotatable bonds is 7. The van der Waals surface area contributed by atoms with E-state index in [2.05, 4.69) is 48.4 Å². The predicted octanol–water partition coefficient (Wildman–Crippen LogP) is 3.95. The molecule has 0 saturated heterocycles. The van der Waals surface area contributed by atoms with E-state index in [9.17, 15) is 0 Å². The average Bonchev–Trinajstić information content (AvgIpc) is 2.45. The second kappa shape index (κ2) is 7.25. The highest BCUT2D eigenvalue weighted by atomic mass is 14.9. The van der Waals surface area contributed by atoms with Crippen molar-refractivity contribution in [3.8, 4) is 0 Å². The van der Waals surface area contributed by atoms with Crippen LogP contribution in [0.1, 0.15) is 38.7 Å². The molecule has 2 aromatic rings. The molecule has 102 valence electrons. The van der Waals surface area contributed by atoms with E-state index in [1.165, 1.54) is 30.2 Å². The Morgan fingerprint density at radius 2 is 2.00 bits per heavy atom. The van der Waals surface area contributed by atoms with Crippen LogP contribution in [0.3, 0.4) is 0 Å². The van der Waals surface area contributed by atoms with E-state index >= 15 is 0 Å². The molecular formula is C17H24N2. The van der Waals surface area contributed by atoms with Gasteiger partial charge in [0, 0.05) is 17.6 Å². The molecule has 1 atom stereocenters. The van der Waals surface area contributed by atoms with Crippen LogP contribution in [0, 0.1) is 0 Å². The van der Waals surface area contributed by atoms with Crippen LogP contribution < -0.4 is 5.32 Å². The number of nitrogens with zero attached hydrogens (tertiary/aromatic N) is 1. The molecule has 0 aliphatic rings. The van der Waals surface area contributed by atoms with E-state index in [4.69, 9.17) is 0 Å². The molecule has 2 heteroatoms. The van der Waals surface area contributed by atoms with E-state index < -0.39 is 0 Å². The number of fused-ring (bicyclic) bond motifs is 1. The van der Waals surface area contributed by atoms with Crippen LogP contribution in [0.2, 0.25) is 0 Å². The lowest BCUT2D eigenvalue weighted by Crippen LogP contribution is -2.29. The molecule has 0 aliphatic carbocycles. The van der Waals surface area contributed by atoms with Gasteiger partial charge in [-0.2, -0.15) is 0 Å². The van der Waals surface area contributed by atoms with Crippen molar-refractivity contribution in [3.63, 3.8) is 0 Å². The van der Waals surface area contributed by atoms with E-state index in [0.29, 0.717) is 6.04 Å². The Labute approximate surface area is 116 Å². The van der Waals surface area contributed by atoms with Crippen molar-refractivity contribution < 1.29 is 0 Å². The topological polar surface area (TPSA) is 24.9 Å². The van der Waals surface area contributed by atoms with Crippen LogP contribution in [0.5, 0.6) is 0 Å². The van der Waals surface area contributed by atoms with Crippen molar-refractivity contribution in [2.24, 2.45) is 0 Å². The summed E-state index contributed by atoms with van der Waals surface area (Å²) in [4.78, 5) is 4.53. The predicted molar refractivity (Wildman–Crippen MR) is 82.4 cm³/mol. The summed E-state index contributed by atoms with van der Waals surface area (Å²) in [6, 6.07) is 11.2. The van der Waals surface area contributed by atoms with Crippen molar-refractivity contribution in [1.82, 2.24) is 10.3 Å². The third-order valence-corrected chi connectivity index (χ3v) is 3.56. The van der Waals surface area contributed by atoms with Gasteiger partial charge in [0.2, 0.25) is 0 Å². The van der Waals surface area contributed by atoms with Gasteiger partial charge < -0.3 is 5.32 Å². The fraction of sp³-hybridized carbons (Fsp3) is 0.471. The number of hydrogen-bond acceptors (Lipinski definition) is 2. The number of benzene rings is 1. The maximum Gasteiger partial charge on any atom is 0.0702 e. The van der Waals surface area contributed by atoms with E-state index in [0.717, 1.165) is 18.5 Å². The summed E-state index contributed by atoms with van der Waals surface area (Å²) in [5, 5.41) is 4.82. The Kier molecular flexibility index (Phi) is 5.34. The van der Waals surface area contributed by atoms with Gasteiger partial charge in [-0.3, -0.25) is 4.98 Å². The van der Waals surface area contributed by atoms with Gasteiger partial charge in [0.25, 0.3) is 0 Å². The van der Waals surface area contributed by atoms with Crippen LogP contribution >= 0.6 is 0 Å². The third-order valence-electron chi connectivity index (χ3n) is 3.56. The van der Waals surface area contributed by atoms with Crippen LogP contribution in [0.25, 0.3) is 10.9 Å². The Balaban J connectivity index is 2.00. The molecule has 1 aromatic carbocycles. The summed E-state index contributed by atoms with van der Waals surface area (Å²) in [6.45, 7) is 5.49. The monoisotopic (exact) mass is 256 g/mol. The lowest BCUT2D eigenvalue weighted by Gasteiger charge is -2.16. The summed E-state index contributed by atoms with van der Waals surface area (Å²) in [5.41, 5.74) is 2.43. The fourth-order valence-electron chi connectivity index (χ4n) is 2.58. The normalized spacial score (nSPS) is 12.7. The van der Waals surface area contributed by atoms with E-state index in [-0.39, 0.29) is 0 Å². The molecule has 0 amide bonds. The van der Waals surface area contributed by atoms with Crippen molar-refractivity contribution in [2.75, 3.05) is 6.54 Å². The zero-order chi connectivity index (χ0) is 13.5. The molecule has 0 spiro atoms. The number of hydrogen-bond donors (Lipinski definition) is 1.